The first-order chi connectivity index (χ1) is 13.9. The molecule has 0 aliphatic carbocycles. The minimum atomic E-state index is -2.15. The second kappa shape index (κ2) is 8.62. The van der Waals surface area contributed by atoms with Gasteiger partial charge in [0, 0.05) is 6.07 Å². The number of benzene rings is 3. The minimum absolute atomic E-state index is 0.257. The molecule has 0 radical (unpaired) electrons. The number of carbonyl (C=O) groups is 2. The zero-order valence-corrected chi connectivity index (χ0v) is 15.1. The first-order valence-corrected chi connectivity index (χ1v) is 8.67. The van der Waals surface area contributed by atoms with Crippen LogP contribution in [0.5, 0.6) is 0 Å². The van der Waals surface area contributed by atoms with Crippen LogP contribution in [-0.2, 0) is 19.9 Å². The van der Waals surface area contributed by atoms with Crippen LogP contribution in [0.25, 0.3) is 0 Å². The summed E-state index contributed by atoms with van der Waals surface area (Å²) in [6.45, 7) is -0.795. The fraction of sp³-hybridized carbons (Fsp3) is 0.0909. The van der Waals surface area contributed by atoms with Gasteiger partial charge >= 0.3 is 5.97 Å². The van der Waals surface area contributed by atoms with Crippen LogP contribution in [0.1, 0.15) is 11.1 Å². The van der Waals surface area contributed by atoms with Crippen LogP contribution in [0.3, 0.4) is 0 Å². The summed E-state index contributed by atoms with van der Waals surface area (Å²) in [6, 6.07) is 18.8. The Morgan fingerprint density at radius 2 is 1.45 bits per heavy atom. The van der Waals surface area contributed by atoms with E-state index in [1.165, 1.54) is 0 Å². The van der Waals surface area contributed by atoms with Gasteiger partial charge in [-0.1, -0.05) is 60.7 Å². The predicted molar refractivity (Wildman–Crippen MR) is 102 cm³/mol. The average Bonchev–Trinajstić information content (AvgIpc) is 2.75. The highest BCUT2D eigenvalue weighted by Crippen LogP contribution is 2.31. The maximum Gasteiger partial charge on any atom is 0.348 e. The lowest BCUT2D eigenvalue weighted by molar-refractivity contribution is -0.163. The lowest BCUT2D eigenvalue weighted by Gasteiger charge is -2.26. The number of amides is 1. The molecule has 1 amide bonds. The van der Waals surface area contributed by atoms with Crippen molar-refractivity contribution in [3.8, 4) is 0 Å². The van der Waals surface area contributed by atoms with Crippen molar-refractivity contribution in [1.29, 1.82) is 0 Å². The highest BCUT2D eigenvalue weighted by molar-refractivity contribution is 5.94. The molecule has 0 unspecified atom stereocenters. The Labute approximate surface area is 165 Å². The summed E-state index contributed by atoms with van der Waals surface area (Å²) in [5.41, 5.74) is -2.01. The van der Waals surface area contributed by atoms with Gasteiger partial charge in [0.1, 0.15) is 11.6 Å². The molecule has 3 aromatic rings. The summed E-state index contributed by atoms with van der Waals surface area (Å²) in [4.78, 5) is 24.8. The normalized spacial score (nSPS) is 11.0. The molecule has 5 nitrogen and oxygen atoms in total. The van der Waals surface area contributed by atoms with Gasteiger partial charge in [0.25, 0.3) is 5.91 Å². The van der Waals surface area contributed by atoms with Gasteiger partial charge in [-0.2, -0.15) is 0 Å². The number of esters is 1. The predicted octanol–water partition coefficient (Wildman–Crippen LogP) is 3.38. The molecule has 2 N–H and O–H groups in total. The topological polar surface area (TPSA) is 75.6 Å². The SMILES string of the molecule is O=C(COC(=O)C(O)(c1ccccc1)c1ccccc1)Nc1cc(F)ccc1F. The second-order valence-electron chi connectivity index (χ2n) is 6.19. The van der Waals surface area contributed by atoms with E-state index in [0.717, 1.165) is 18.2 Å². The Balaban J connectivity index is 1.77. The maximum absolute atomic E-state index is 13.6. The van der Waals surface area contributed by atoms with E-state index < -0.39 is 35.7 Å². The van der Waals surface area contributed by atoms with Crippen molar-refractivity contribution in [2.24, 2.45) is 0 Å². The highest BCUT2D eigenvalue weighted by atomic mass is 19.1. The molecule has 29 heavy (non-hydrogen) atoms. The van der Waals surface area contributed by atoms with Crippen molar-refractivity contribution in [3.05, 3.63) is 102 Å². The summed E-state index contributed by atoms with van der Waals surface area (Å²) in [5.74, 6) is -3.53. The van der Waals surface area contributed by atoms with Gasteiger partial charge in [-0.05, 0) is 23.3 Å². The number of anilines is 1. The lowest BCUT2D eigenvalue weighted by Crippen LogP contribution is -2.39. The molecule has 0 bridgehead atoms. The van der Waals surface area contributed by atoms with Crippen LogP contribution in [0.15, 0.2) is 78.9 Å². The number of aliphatic hydroxyl groups is 1. The van der Waals surface area contributed by atoms with Gasteiger partial charge in [-0.3, -0.25) is 4.79 Å². The van der Waals surface area contributed by atoms with E-state index in [2.05, 4.69) is 5.32 Å². The van der Waals surface area contributed by atoms with E-state index in [0.29, 0.717) is 0 Å². The van der Waals surface area contributed by atoms with Gasteiger partial charge in [-0.15, -0.1) is 0 Å². The zero-order valence-electron chi connectivity index (χ0n) is 15.1. The minimum Gasteiger partial charge on any atom is -0.453 e. The van der Waals surface area contributed by atoms with Crippen LogP contribution in [0, 0.1) is 11.6 Å². The number of halogens is 2. The van der Waals surface area contributed by atoms with Crippen LogP contribution < -0.4 is 5.32 Å². The molecule has 0 heterocycles. The third-order valence-corrected chi connectivity index (χ3v) is 4.22. The molecule has 148 valence electrons. The number of hydrogen-bond donors (Lipinski definition) is 2. The smallest absolute Gasteiger partial charge is 0.348 e. The Hall–Kier alpha value is -3.58. The van der Waals surface area contributed by atoms with E-state index in [4.69, 9.17) is 4.74 Å². The molecule has 0 spiro atoms. The number of carbonyl (C=O) groups excluding carboxylic acids is 2. The van der Waals surface area contributed by atoms with E-state index >= 15 is 0 Å². The van der Waals surface area contributed by atoms with Crippen molar-refractivity contribution in [2.45, 2.75) is 5.60 Å². The van der Waals surface area contributed by atoms with Crippen molar-refractivity contribution >= 4 is 17.6 Å². The third kappa shape index (κ3) is 4.47. The molecule has 0 aliphatic heterocycles. The Morgan fingerprint density at radius 1 is 0.897 bits per heavy atom. The van der Waals surface area contributed by atoms with Crippen LogP contribution in [0.2, 0.25) is 0 Å². The quantitative estimate of drug-likeness (QED) is 0.626. The van der Waals surface area contributed by atoms with Crippen LogP contribution in [0.4, 0.5) is 14.5 Å². The summed E-state index contributed by atoms with van der Waals surface area (Å²) >= 11 is 0. The van der Waals surface area contributed by atoms with E-state index in [9.17, 15) is 23.5 Å². The van der Waals surface area contributed by atoms with Crippen molar-refractivity contribution in [2.75, 3.05) is 11.9 Å². The van der Waals surface area contributed by atoms with Crippen LogP contribution in [-0.4, -0.2) is 23.6 Å². The first kappa shape index (κ1) is 20.2. The molecule has 0 saturated heterocycles. The summed E-state index contributed by atoms with van der Waals surface area (Å²) < 4.78 is 31.8. The maximum atomic E-state index is 13.6. The van der Waals surface area contributed by atoms with E-state index in [1.807, 2.05) is 0 Å². The largest absolute Gasteiger partial charge is 0.453 e. The third-order valence-electron chi connectivity index (χ3n) is 4.22. The first-order valence-electron chi connectivity index (χ1n) is 8.67. The van der Waals surface area contributed by atoms with Gasteiger partial charge in [0.15, 0.2) is 6.61 Å². The number of rotatable bonds is 6. The standard InChI is InChI=1S/C22H17F2NO4/c23-17-11-12-18(24)19(13-17)25-20(26)14-29-21(27)22(28,15-7-3-1-4-8-15)16-9-5-2-6-10-16/h1-13,28H,14H2,(H,25,26). The van der Waals surface area contributed by atoms with Crippen LogP contribution >= 0.6 is 0 Å². The average molecular weight is 397 g/mol. The Kier molecular flexibility index (Phi) is 5.99. The zero-order chi connectivity index (χ0) is 20.9. The van der Waals surface area contributed by atoms with Crippen molar-refractivity contribution in [1.82, 2.24) is 0 Å². The summed E-state index contributed by atoms with van der Waals surface area (Å²) in [5, 5.41) is 13.3. The fourth-order valence-electron chi connectivity index (χ4n) is 2.78. The summed E-state index contributed by atoms with van der Waals surface area (Å²) in [6.07, 6.45) is 0. The van der Waals surface area contributed by atoms with Crippen molar-refractivity contribution in [3.63, 3.8) is 0 Å². The highest BCUT2D eigenvalue weighted by Gasteiger charge is 2.41. The van der Waals surface area contributed by atoms with E-state index in [1.54, 1.807) is 60.7 Å². The molecule has 0 fully saturated rings. The van der Waals surface area contributed by atoms with E-state index in [-0.39, 0.29) is 16.8 Å². The lowest BCUT2D eigenvalue weighted by atomic mass is 9.86. The second-order valence-corrected chi connectivity index (χ2v) is 6.19. The fourth-order valence-corrected chi connectivity index (χ4v) is 2.78. The van der Waals surface area contributed by atoms with Gasteiger partial charge in [0.05, 0.1) is 5.69 Å². The Morgan fingerprint density at radius 3 is 2.00 bits per heavy atom. The molecule has 3 rings (SSSR count). The van der Waals surface area contributed by atoms with Gasteiger partial charge in [-0.25, -0.2) is 13.6 Å². The number of hydrogen-bond acceptors (Lipinski definition) is 4. The van der Waals surface area contributed by atoms with Crippen molar-refractivity contribution < 1.29 is 28.2 Å². The molecule has 0 atom stereocenters. The molecular weight excluding hydrogens is 380 g/mol. The molecule has 7 heteroatoms. The van der Waals surface area contributed by atoms with Gasteiger partial charge < -0.3 is 15.2 Å². The number of ether oxygens (including phenoxy) is 1. The monoisotopic (exact) mass is 397 g/mol. The summed E-state index contributed by atoms with van der Waals surface area (Å²) in [7, 11) is 0. The number of nitrogens with one attached hydrogen (secondary N) is 1. The Bertz CT molecular complexity index is 970. The van der Waals surface area contributed by atoms with Gasteiger partial charge in [0.2, 0.25) is 5.60 Å². The molecule has 3 aromatic carbocycles. The molecular formula is C22H17F2NO4. The molecule has 0 saturated carbocycles. The molecule has 0 aromatic heterocycles. The molecule has 0 aliphatic rings.